The van der Waals surface area contributed by atoms with E-state index in [0.29, 0.717) is 35.0 Å². The van der Waals surface area contributed by atoms with Crippen LogP contribution in [0.3, 0.4) is 0 Å². The Kier molecular flexibility index (Phi) is 5.59. The Morgan fingerprint density at radius 1 is 1.23 bits per heavy atom. The van der Waals surface area contributed by atoms with E-state index in [0.717, 1.165) is 18.5 Å². The Hall–Kier alpha value is -3.12. The molecule has 0 aromatic heterocycles. The number of quaternary nitrogens is 1. The van der Waals surface area contributed by atoms with Crippen molar-refractivity contribution in [3.8, 4) is 11.5 Å². The zero-order valence-electron chi connectivity index (χ0n) is 17.2. The fourth-order valence-corrected chi connectivity index (χ4v) is 4.20. The van der Waals surface area contributed by atoms with Gasteiger partial charge in [0.25, 0.3) is 0 Å². The molecule has 1 fully saturated rings. The largest absolute Gasteiger partial charge is 0.507 e. The number of piperidine rings is 1. The summed E-state index contributed by atoms with van der Waals surface area (Å²) in [6.45, 7) is 3.90. The van der Waals surface area contributed by atoms with Crippen LogP contribution in [-0.2, 0) is 11.3 Å². The van der Waals surface area contributed by atoms with E-state index in [9.17, 15) is 14.7 Å². The number of carbonyl (C=O) groups is 2. The van der Waals surface area contributed by atoms with Crippen LogP contribution >= 0.6 is 0 Å². The van der Waals surface area contributed by atoms with Gasteiger partial charge in [0.1, 0.15) is 12.3 Å². The highest BCUT2D eigenvalue weighted by Gasteiger charge is 2.33. The van der Waals surface area contributed by atoms with Gasteiger partial charge < -0.3 is 19.5 Å². The zero-order valence-corrected chi connectivity index (χ0v) is 17.2. The Bertz CT molecular complexity index is 1010. The van der Waals surface area contributed by atoms with Crippen LogP contribution in [0.5, 0.6) is 11.5 Å². The molecule has 0 radical (unpaired) electrons. The first-order valence-corrected chi connectivity index (χ1v) is 10.3. The summed E-state index contributed by atoms with van der Waals surface area (Å²) in [6, 6.07) is 10.5. The summed E-state index contributed by atoms with van der Waals surface area (Å²) in [5.74, 6) is 0.219. The van der Waals surface area contributed by atoms with Crippen molar-refractivity contribution < 1.29 is 29.1 Å². The summed E-state index contributed by atoms with van der Waals surface area (Å²) in [7, 11) is 1.33. The molecule has 4 rings (SSSR count). The lowest BCUT2D eigenvalue weighted by atomic mass is 10.0. The van der Waals surface area contributed by atoms with Gasteiger partial charge in [-0.15, -0.1) is 0 Å². The second kappa shape index (κ2) is 8.32. The third-order valence-electron chi connectivity index (χ3n) is 6.03. The van der Waals surface area contributed by atoms with Gasteiger partial charge in [-0.1, -0.05) is 12.1 Å². The van der Waals surface area contributed by atoms with Gasteiger partial charge in [0, 0.05) is 0 Å². The maximum Gasteiger partial charge on any atom is 0.337 e. The topological polar surface area (TPSA) is 77.3 Å². The maximum atomic E-state index is 12.9. The van der Waals surface area contributed by atoms with Gasteiger partial charge in [0.05, 0.1) is 36.4 Å². The standard InChI is InChI=1S/C24H25NO5/c1-15-5-3-4-12-25(15)14-19-20(26)11-10-18-22(27)21(30-23(18)19)13-16-6-8-17(9-7-16)24(28)29-2/h6-11,13,15,26H,3-5,12,14H2,1-2H3/p+1/t15-/m1/s1. The lowest BCUT2D eigenvalue weighted by Gasteiger charge is -2.30. The molecule has 0 saturated carbocycles. The Morgan fingerprint density at radius 3 is 2.70 bits per heavy atom. The second-order valence-corrected chi connectivity index (χ2v) is 7.98. The molecule has 6 heteroatoms. The third-order valence-corrected chi connectivity index (χ3v) is 6.03. The summed E-state index contributed by atoms with van der Waals surface area (Å²) >= 11 is 0. The lowest BCUT2D eigenvalue weighted by Crippen LogP contribution is -3.14. The minimum Gasteiger partial charge on any atom is -0.507 e. The average Bonchev–Trinajstić information content (AvgIpc) is 3.07. The van der Waals surface area contributed by atoms with Crippen LogP contribution in [0.1, 0.15) is 58.0 Å². The molecule has 0 bridgehead atoms. The number of ether oxygens (including phenoxy) is 2. The van der Waals surface area contributed by atoms with Gasteiger partial charge in [-0.05, 0) is 62.1 Å². The van der Waals surface area contributed by atoms with Crippen LogP contribution in [0.2, 0.25) is 0 Å². The number of methoxy groups -OCH3 is 1. The van der Waals surface area contributed by atoms with Crippen molar-refractivity contribution in [2.75, 3.05) is 13.7 Å². The molecule has 2 aromatic carbocycles. The first-order valence-electron chi connectivity index (χ1n) is 10.3. The summed E-state index contributed by atoms with van der Waals surface area (Å²) in [5, 5.41) is 10.5. The molecule has 0 aliphatic carbocycles. The molecular formula is C24H26NO5+. The summed E-state index contributed by atoms with van der Waals surface area (Å²) in [4.78, 5) is 25.9. The number of hydrogen-bond donors (Lipinski definition) is 2. The lowest BCUT2D eigenvalue weighted by molar-refractivity contribution is -0.941. The molecule has 1 saturated heterocycles. The van der Waals surface area contributed by atoms with Gasteiger partial charge in [0.2, 0.25) is 5.78 Å². The molecular weight excluding hydrogens is 382 g/mol. The van der Waals surface area contributed by atoms with E-state index < -0.39 is 5.97 Å². The fraction of sp³-hybridized carbons (Fsp3) is 0.333. The predicted octanol–water partition coefficient (Wildman–Crippen LogP) is 2.75. The second-order valence-electron chi connectivity index (χ2n) is 7.98. The van der Waals surface area contributed by atoms with Crippen molar-refractivity contribution in [1.82, 2.24) is 0 Å². The summed E-state index contributed by atoms with van der Waals surface area (Å²) in [5.41, 5.74) is 2.34. The number of ketones is 1. The molecule has 0 spiro atoms. The molecule has 6 nitrogen and oxygen atoms in total. The third kappa shape index (κ3) is 3.83. The Balaban J connectivity index is 1.61. The quantitative estimate of drug-likeness (QED) is 0.601. The first kappa shape index (κ1) is 20.2. The van der Waals surface area contributed by atoms with Crippen molar-refractivity contribution in [2.45, 2.75) is 38.8 Å². The number of carbonyl (C=O) groups excluding carboxylic acids is 2. The molecule has 2 aliphatic heterocycles. The maximum absolute atomic E-state index is 12.9. The monoisotopic (exact) mass is 408 g/mol. The molecule has 156 valence electrons. The molecule has 1 unspecified atom stereocenters. The number of likely N-dealkylation sites (tertiary alicyclic amines) is 1. The van der Waals surface area contributed by atoms with E-state index in [1.54, 1.807) is 42.5 Å². The summed E-state index contributed by atoms with van der Waals surface area (Å²) < 4.78 is 10.7. The average molecular weight is 408 g/mol. The van der Waals surface area contributed by atoms with E-state index in [4.69, 9.17) is 9.47 Å². The van der Waals surface area contributed by atoms with Crippen molar-refractivity contribution in [2.24, 2.45) is 0 Å². The fourth-order valence-electron chi connectivity index (χ4n) is 4.20. The van der Waals surface area contributed by atoms with E-state index in [1.807, 2.05) is 0 Å². The highest BCUT2D eigenvalue weighted by molar-refractivity contribution is 6.15. The normalized spacial score (nSPS) is 21.9. The van der Waals surface area contributed by atoms with Crippen LogP contribution in [0.4, 0.5) is 0 Å². The number of hydrogen-bond acceptors (Lipinski definition) is 5. The molecule has 30 heavy (non-hydrogen) atoms. The molecule has 2 aromatic rings. The number of fused-ring (bicyclic) bond motifs is 1. The van der Waals surface area contributed by atoms with Gasteiger partial charge in [-0.3, -0.25) is 4.79 Å². The number of aromatic hydroxyl groups is 1. The number of Topliss-reactive ketones (excluding diaryl/α,β-unsaturated/α-hetero) is 1. The number of allylic oxidation sites excluding steroid dienone is 1. The molecule has 2 aliphatic rings. The van der Waals surface area contributed by atoms with E-state index >= 15 is 0 Å². The van der Waals surface area contributed by atoms with E-state index in [1.165, 1.54) is 24.9 Å². The molecule has 2 atom stereocenters. The van der Waals surface area contributed by atoms with E-state index in [2.05, 4.69) is 6.92 Å². The minimum atomic E-state index is -0.413. The molecule has 2 heterocycles. The van der Waals surface area contributed by atoms with E-state index in [-0.39, 0.29) is 17.3 Å². The van der Waals surface area contributed by atoms with Crippen molar-refractivity contribution >= 4 is 17.8 Å². The van der Waals surface area contributed by atoms with Crippen LogP contribution in [0.15, 0.2) is 42.2 Å². The van der Waals surface area contributed by atoms with Crippen LogP contribution in [-0.4, -0.2) is 36.6 Å². The Labute approximate surface area is 175 Å². The number of nitrogens with one attached hydrogen (secondary N) is 1. The number of phenolic OH excluding ortho intramolecular Hbond substituents is 1. The summed E-state index contributed by atoms with van der Waals surface area (Å²) in [6.07, 6.45) is 5.22. The predicted molar refractivity (Wildman–Crippen MR) is 112 cm³/mol. The van der Waals surface area contributed by atoms with Crippen LogP contribution in [0.25, 0.3) is 6.08 Å². The van der Waals surface area contributed by atoms with Gasteiger partial charge in [-0.25, -0.2) is 4.79 Å². The first-order chi connectivity index (χ1) is 14.5. The molecule has 0 amide bonds. The highest BCUT2D eigenvalue weighted by atomic mass is 16.5. The zero-order chi connectivity index (χ0) is 21.3. The molecule has 2 N–H and O–H groups in total. The Morgan fingerprint density at radius 2 is 2.00 bits per heavy atom. The van der Waals surface area contributed by atoms with Crippen LogP contribution in [0, 0.1) is 0 Å². The highest BCUT2D eigenvalue weighted by Crippen LogP contribution is 2.39. The smallest absolute Gasteiger partial charge is 0.337 e. The van der Waals surface area contributed by atoms with Gasteiger partial charge in [0.15, 0.2) is 11.5 Å². The van der Waals surface area contributed by atoms with Crippen molar-refractivity contribution in [3.05, 3.63) is 64.4 Å². The van der Waals surface area contributed by atoms with Gasteiger partial charge >= 0.3 is 5.97 Å². The van der Waals surface area contributed by atoms with Gasteiger partial charge in [-0.2, -0.15) is 0 Å². The van der Waals surface area contributed by atoms with Crippen molar-refractivity contribution in [3.63, 3.8) is 0 Å². The number of rotatable bonds is 4. The number of esters is 1. The van der Waals surface area contributed by atoms with Crippen molar-refractivity contribution in [1.29, 1.82) is 0 Å². The number of benzene rings is 2. The number of phenols is 1. The SMILES string of the molecule is COC(=O)c1ccc(C=C2Oc3c(ccc(O)c3C[NH+]3CCCC[C@H]3C)C2=O)cc1. The van der Waals surface area contributed by atoms with Crippen LogP contribution < -0.4 is 9.64 Å². The minimum absolute atomic E-state index is 0.163.